The van der Waals surface area contributed by atoms with Crippen molar-refractivity contribution in [2.75, 3.05) is 16.2 Å². The molecule has 0 bridgehead atoms. The van der Waals surface area contributed by atoms with Crippen molar-refractivity contribution >= 4 is 27.3 Å². The number of alkyl halides is 3. The molecule has 1 heterocycles. The minimum absolute atomic E-state index is 0.0251. The highest BCUT2D eigenvalue weighted by Crippen LogP contribution is 2.35. The highest BCUT2D eigenvalue weighted by atomic mass is 32.2. The summed E-state index contributed by atoms with van der Waals surface area (Å²) in [7, 11) is -4.51. The first-order valence-electron chi connectivity index (χ1n) is 7.75. The number of nitrogens with one attached hydrogen (secondary N) is 1. The molecule has 0 unspecified atom stereocenters. The third kappa shape index (κ3) is 3.83. The third-order valence-corrected chi connectivity index (χ3v) is 5.23. The van der Waals surface area contributed by atoms with Gasteiger partial charge in [0.1, 0.15) is 18.0 Å². The van der Waals surface area contributed by atoms with Crippen LogP contribution in [0.3, 0.4) is 0 Å². The summed E-state index contributed by atoms with van der Waals surface area (Å²) in [5, 5.41) is 0. The van der Waals surface area contributed by atoms with Crippen LogP contribution < -0.4 is 16.2 Å². The number of sulfonamides is 1. The molecule has 1 aromatic heterocycles. The van der Waals surface area contributed by atoms with Crippen LogP contribution in [0.25, 0.3) is 11.1 Å². The van der Waals surface area contributed by atoms with Crippen LogP contribution in [-0.2, 0) is 16.2 Å². The second-order valence-corrected chi connectivity index (χ2v) is 7.35. The van der Waals surface area contributed by atoms with Gasteiger partial charge in [0.25, 0.3) is 10.0 Å². The molecule has 0 aliphatic heterocycles. The Morgan fingerprint density at radius 2 is 1.57 bits per heavy atom. The summed E-state index contributed by atoms with van der Waals surface area (Å²) in [4.78, 5) is 6.78. The summed E-state index contributed by atoms with van der Waals surface area (Å²) in [6.07, 6.45) is -3.65. The van der Waals surface area contributed by atoms with E-state index < -0.39 is 26.7 Å². The zero-order valence-electron chi connectivity index (χ0n) is 14.1. The molecule has 2 aromatic carbocycles. The van der Waals surface area contributed by atoms with Crippen molar-refractivity contribution in [2.45, 2.75) is 11.1 Å². The van der Waals surface area contributed by atoms with Crippen molar-refractivity contribution in [3.05, 3.63) is 60.4 Å². The molecule has 146 valence electrons. The number of aromatic nitrogens is 2. The minimum Gasteiger partial charge on any atom is -0.383 e. The van der Waals surface area contributed by atoms with Crippen molar-refractivity contribution in [3.63, 3.8) is 0 Å². The van der Waals surface area contributed by atoms with Gasteiger partial charge in [-0.3, -0.25) is 4.72 Å². The van der Waals surface area contributed by atoms with Gasteiger partial charge >= 0.3 is 6.18 Å². The first-order valence-corrected chi connectivity index (χ1v) is 9.23. The number of nitrogens with two attached hydrogens (primary N) is 2. The fourth-order valence-electron chi connectivity index (χ4n) is 2.59. The quantitative estimate of drug-likeness (QED) is 0.608. The molecule has 3 rings (SSSR count). The van der Waals surface area contributed by atoms with Crippen LogP contribution in [-0.4, -0.2) is 18.4 Å². The lowest BCUT2D eigenvalue weighted by Crippen LogP contribution is -2.18. The Morgan fingerprint density at radius 1 is 0.929 bits per heavy atom. The molecule has 0 amide bonds. The summed E-state index contributed by atoms with van der Waals surface area (Å²) >= 11 is 0. The van der Waals surface area contributed by atoms with Crippen LogP contribution in [0.1, 0.15) is 5.56 Å². The van der Waals surface area contributed by atoms with E-state index in [2.05, 4.69) is 14.7 Å². The Morgan fingerprint density at radius 3 is 2.21 bits per heavy atom. The molecule has 0 radical (unpaired) electrons. The molecule has 0 aliphatic rings. The first-order chi connectivity index (χ1) is 13.1. The van der Waals surface area contributed by atoms with Gasteiger partial charge in [-0.15, -0.1) is 0 Å². The Labute approximate surface area is 158 Å². The maximum Gasteiger partial charge on any atom is 0.417 e. The third-order valence-electron chi connectivity index (χ3n) is 3.79. The van der Waals surface area contributed by atoms with Gasteiger partial charge < -0.3 is 11.5 Å². The van der Waals surface area contributed by atoms with Crippen molar-refractivity contribution < 1.29 is 21.6 Å². The van der Waals surface area contributed by atoms with Crippen LogP contribution in [0, 0.1) is 0 Å². The molecule has 11 heteroatoms. The molecule has 3 aromatic rings. The fourth-order valence-corrected chi connectivity index (χ4v) is 3.87. The van der Waals surface area contributed by atoms with Gasteiger partial charge in [0.2, 0.25) is 0 Å². The van der Waals surface area contributed by atoms with E-state index in [0.29, 0.717) is 17.2 Å². The number of rotatable bonds is 4. The zero-order valence-corrected chi connectivity index (χ0v) is 14.9. The maximum absolute atomic E-state index is 13.2. The molecule has 0 atom stereocenters. The summed E-state index contributed by atoms with van der Waals surface area (Å²) in [6, 6.07) is 9.75. The second-order valence-electron chi connectivity index (χ2n) is 5.70. The van der Waals surface area contributed by atoms with Crippen LogP contribution in [0.5, 0.6) is 0 Å². The number of hydrogen-bond acceptors (Lipinski definition) is 6. The SMILES string of the molecule is Nc1ncnc(N)c1-c1cccc(NS(=O)(=O)c2ccccc2C(F)(F)F)c1. The molecule has 7 nitrogen and oxygen atoms in total. The van der Waals surface area contributed by atoms with Gasteiger partial charge in [0.15, 0.2) is 0 Å². The van der Waals surface area contributed by atoms with E-state index in [9.17, 15) is 21.6 Å². The summed E-state index contributed by atoms with van der Waals surface area (Å²) in [5.41, 5.74) is 11.0. The zero-order chi connectivity index (χ0) is 20.5. The summed E-state index contributed by atoms with van der Waals surface area (Å²) in [6.45, 7) is 0. The Hall–Kier alpha value is -3.34. The van der Waals surface area contributed by atoms with Gasteiger partial charge in [-0.05, 0) is 29.8 Å². The van der Waals surface area contributed by atoms with Crippen molar-refractivity contribution in [1.29, 1.82) is 0 Å². The lowest BCUT2D eigenvalue weighted by molar-refractivity contribution is -0.139. The predicted octanol–water partition coefficient (Wildman–Crippen LogP) is 3.13. The van der Waals surface area contributed by atoms with Crippen molar-refractivity contribution in [2.24, 2.45) is 0 Å². The van der Waals surface area contributed by atoms with Crippen LogP contribution in [0.2, 0.25) is 0 Å². The van der Waals surface area contributed by atoms with Gasteiger partial charge in [-0.2, -0.15) is 13.2 Å². The number of nitrogens with zero attached hydrogens (tertiary/aromatic N) is 2. The van der Waals surface area contributed by atoms with Crippen LogP contribution in [0.4, 0.5) is 30.5 Å². The van der Waals surface area contributed by atoms with E-state index in [-0.39, 0.29) is 17.3 Å². The normalized spacial score (nSPS) is 12.0. The number of hydrogen-bond donors (Lipinski definition) is 3. The van der Waals surface area contributed by atoms with E-state index in [0.717, 1.165) is 12.1 Å². The van der Waals surface area contributed by atoms with E-state index in [1.54, 1.807) is 6.07 Å². The van der Waals surface area contributed by atoms with Crippen molar-refractivity contribution in [1.82, 2.24) is 9.97 Å². The number of halogens is 3. The minimum atomic E-state index is -4.82. The Bertz CT molecular complexity index is 1110. The lowest BCUT2D eigenvalue weighted by atomic mass is 10.1. The van der Waals surface area contributed by atoms with E-state index in [1.165, 1.54) is 30.6 Å². The lowest BCUT2D eigenvalue weighted by Gasteiger charge is -2.15. The van der Waals surface area contributed by atoms with Crippen LogP contribution in [0.15, 0.2) is 59.8 Å². The van der Waals surface area contributed by atoms with Crippen LogP contribution >= 0.6 is 0 Å². The number of anilines is 3. The maximum atomic E-state index is 13.2. The average molecular weight is 409 g/mol. The molecule has 0 fully saturated rings. The Kier molecular flexibility index (Phi) is 4.86. The van der Waals surface area contributed by atoms with E-state index in [4.69, 9.17) is 11.5 Å². The highest BCUT2D eigenvalue weighted by molar-refractivity contribution is 7.92. The van der Waals surface area contributed by atoms with E-state index >= 15 is 0 Å². The smallest absolute Gasteiger partial charge is 0.383 e. The Balaban J connectivity index is 2.02. The van der Waals surface area contributed by atoms with Gasteiger partial charge in [0.05, 0.1) is 16.0 Å². The monoisotopic (exact) mass is 409 g/mol. The predicted molar refractivity (Wildman–Crippen MR) is 98.5 cm³/mol. The molecule has 0 aliphatic carbocycles. The topological polar surface area (TPSA) is 124 Å². The van der Waals surface area contributed by atoms with E-state index in [1.807, 2.05) is 0 Å². The fraction of sp³-hybridized carbons (Fsp3) is 0.0588. The molecular formula is C17H14F3N5O2S. The molecular weight excluding hydrogens is 395 g/mol. The largest absolute Gasteiger partial charge is 0.417 e. The molecule has 0 spiro atoms. The average Bonchev–Trinajstić information content (AvgIpc) is 2.61. The molecule has 0 saturated heterocycles. The molecule has 0 saturated carbocycles. The molecule has 5 N–H and O–H groups in total. The number of nitrogen functional groups attached to an aromatic ring is 2. The first kappa shape index (κ1) is 19.4. The standard InChI is InChI=1S/C17H14F3N5O2S/c18-17(19,20)12-6-1-2-7-13(12)28(26,27)25-11-5-3-4-10(8-11)14-15(21)23-9-24-16(14)22/h1-9,25H,(H4,21,22,23,24). The van der Waals surface area contributed by atoms with Crippen molar-refractivity contribution in [3.8, 4) is 11.1 Å². The summed E-state index contributed by atoms with van der Waals surface area (Å²) < 4.78 is 66.8. The number of benzene rings is 2. The second kappa shape index (κ2) is 7.00. The molecule has 28 heavy (non-hydrogen) atoms. The van der Waals surface area contributed by atoms with Gasteiger partial charge in [0, 0.05) is 5.69 Å². The van der Waals surface area contributed by atoms with Gasteiger partial charge in [-0.1, -0.05) is 24.3 Å². The highest BCUT2D eigenvalue weighted by Gasteiger charge is 2.36. The summed E-state index contributed by atoms with van der Waals surface area (Å²) in [5.74, 6) is 0.157. The van der Waals surface area contributed by atoms with Gasteiger partial charge in [-0.25, -0.2) is 18.4 Å².